The van der Waals surface area contributed by atoms with Crippen LogP contribution in [0.15, 0.2) is 24.4 Å². The van der Waals surface area contributed by atoms with E-state index in [0.29, 0.717) is 6.07 Å². The normalized spacial score (nSPS) is 11.0. The summed E-state index contributed by atoms with van der Waals surface area (Å²) in [5.41, 5.74) is 0.129. The SMILES string of the molecule is COC(=O)c1cnn2c(Cl)c(-c3ccc(F)cc3F)c(Cl)nc12. The highest BCUT2D eigenvalue weighted by Gasteiger charge is 2.22. The molecule has 2 heterocycles. The number of carbonyl (C=O) groups is 1. The summed E-state index contributed by atoms with van der Waals surface area (Å²) in [6.07, 6.45) is 1.21. The molecule has 0 N–H and O–H groups in total. The number of nitrogens with zero attached hydrogens (tertiary/aromatic N) is 3. The first-order valence-electron chi connectivity index (χ1n) is 6.20. The molecule has 3 rings (SSSR count). The Morgan fingerprint density at radius 1 is 1.30 bits per heavy atom. The van der Waals surface area contributed by atoms with Crippen LogP contribution in [0.4, 0.5) is 8.78 Å². The molecule has 3 aromatic rings. The molecule has 9 heteroatoms. The molecule has 0 fully saturated rings. The summed E-state index contributed by atoms with van der Waals surface area (Å²) in [4.78, 5) is 15.7. The fourth-order valence-corrected chi connectivity index (χ4v) is 2.74. The Kier molecular flexibility index (Phi) is 3.91. The summed E-state index contributed by atoms with van der Waals surface area (Å²) in [6.45, 7) is 0. The topological polar surface area (TPSA) is 56.5 Å². The van der Waals surface area contributed by atoms with Gasteiger partial charge in [0, 0.05) is 11.6 Å². The van der Waals surface area contributed by atoms with Gasteiger partial charge in [0.2, 0.25) is 0 Å². The van der Waals surface area contributed by atoms with Crippen molar-refractivity contribution in [2.75, 3.05) is 7.11 Å². The third-order valence-electron chi connectivity index (χ3n) is 3.15. The Hall–Kier alpha value is -2.25. The van der Waals surface area contributed by atoms with Crippen LogP contribution in [0, 0.1) is 11.6 Å². The second-order valence-corrected chi connectivity index (χ2v) is 5.19. The largest absolute Gasteiger partial charge is 0.465 e. The van der Waals surface area contributed by atoms with E-state index in [9.17, 15) is 13.6 Å². The van der Waals surface area contributed by atoms with Crippen molar-refractivity contribution < 1.29 is 18.3 Å². The summed E-state index contributed by atoms with van der Waals surface area (Å²) in [7, 11) is 1.21. The second kappa shape index (κ2) is 5.75. The molecule has 0 aliphatic carbocycles. The van der Waals surface area contributed by atoms with Crippen molar-refractivity contribution >= 4 is 34.8 Å². The lowest BCUT2D eigenvalue weighted by Gasteiger charge is -2.09. The van der Waals surface area contributed by atoms with Crippen LogP contribution >= 0.6 is 23.2 Å². The second-order valence-electron chi connectivity index (χ2n) is 4.48. The lowest BCUT2D eigenvalue weighted by atomic mass is 10.1. The van der Waals surface area contributed by atoms with Crippen molar-refractivity contribution in [1.29, 1.82) is 0 Å². The Labute approximate surface area is 138 Å². The van der Waals surface area contributed by atoms with Crippen molar-refractivity contribution in [2.45, 2.75) is 0 Å². The van der Waals surface area contributed by atoms with Gasteiger partial charge in [0.1, 0.15) is 27.5 Å². The first-order valence-corrected chi connectivity index (χ1v) is 6.96. The molecule has 0 spiro atoms. The summed E-state index contributed by atoms with van der Waals surface area (Å²) >= 11 is 12.3. The highest BCUT2D eigenvalue weighted by molar-refractivity contribution is 6.38. The lowest BCUT2D eigenvalue weighted by molar-refractivity contribution is 0.0602. The van der Waals surface area contributed by atoms with Gasteiger partial charge in [-0.25, -0.2) is 23.1 Å². The maximum absolute atomic E-state index is 14.0. The van der Waals surface area contributed by atoms with Crippen molar-refractivity contribution in [3.8, 4) is 11.1 Å². The van der Waals surface area contributed by atoms with E-state index in [1.807, 2.05) is 0 Å². The third-order valence-corrected chi connectivity index (χ3v) is 3.77. The number of hydrogen-bond donors (Lipinski definition) is 0. The molecular formula is C14H7Cl2F2N3O2. The highest BCUT2D eigenvalue weighted by Crippen LogP contribution is 2.36. The number of benzene rings is 1. The van der Waals surface area contributed by atoms with Crippen LogP contribution in [0.1, 0.15) is 10.4 Å². The van der Waals surface area contributed by atoms with E-state index >= 15 is 0 Å². The van der Waals surface area contributed by atoms with Gasteiger partial charge in [-0.15, -0.1) is 0 Å². The molecule has 0 unspecified atom stereocenters. The van der Waals surface area contributed by atoms with Crippen molar-refractivity contribution in [3.05, 3.63) is 51.9 Å². The van der Waals surface area contributed by atoms with Crippen molar-refractivity contribution in [2.24, 2.45) is 0 Å². The van der Waals surface area contributed by atoms with Gasteiger partial charge in [-0.1, -0.05) is 23.2 Å². The smallest absolute Gasteiger partial charge is 0.343 e. The van der Waals surface area contributed by atoms with Crippen LogP contribution in [-0.4, -0.2) is 27.7 Å². The number of hydrogen-bond acceptors (Lipinski definition) is 4. The lowest BCUT2D eigenvalue weighted by Crippen LogP contribution is -2.03. The average molecular weight is 358 g/mol. The summed E-state index contributed by atoms with van der Waals surface area (Å²) < 4.78 is 32.8. The fourth-order valence-electron chi connectivity index (χ4n) is 2.10. The molecule has 0 saturated heterocycles. The summed E-state index contributed by atoms with van der Waals surface area (Å²) in [5, 5.41) is 3.71. The Morgan fingerprint density at radius 3 is 2.70 bits per heavy atom. The van der Waals surface area contributed by atoms with Gasteiger partial charge in [0.05, 0.1) is 18.9 Å². The van der Waals surface area contributed by atoms with Gasteiger partial charge in [-0.2, -0.15) is 5.10 Å². The molecule has 0 amide bonds. The number of esters is 1. The molecule has 1 aromatic carbocycles. The number of aromatic nitrogens is 3. The molecular weight excluding hydrogens is 351 g/mol. The van der Waals surface area contributed by atoms with Gasteiger partial charge in [0.15, 0.2) is 5.65 Å². The van der Waals surface area contributed by atoms with Crippen LogP contribution < -0.4 is 0 Å². The number of methoxy groups -OCH3 is 1. The molecule has 0 radical (unpaired) electrons. The average Bonchev–Trinajstić information content (AvgIpc) is 2.92. The molecule has 23 heavy (non-hydrogen) atoms. The molecule has 118 valence electrons. The number of rotatable bonds is 2. The van der Waals surface area contributed by atoms with Crippen LogP contribution in [0.5, 0.6) is 0 Å². The van der Waals surface area contributed by atoms with Crippen molar-refractivity contribution in [1.82, 2.24) is 14.6 Å². The first kappa shape index (κ1) is 15.6. The van der Waals surface area contributed by atoms with Gasteiger partial charge in [-0.05, 0) is 12.1 Å². The minimum atomic E-state index is -0.852. The minimum absolute atomic E-state index is 0.0362. The maximum Gasteiger partial charge on any atom is 0.343 e. The monoisotopic (exact) mass is 357 g/mol. The molecule has 0 aliphatic rings. The third kappa shape index (κ3) is 2.51. The van der Waals surface area contributed by atoms with Crippen LogP contribution in [0.3, 0.4) is 0 Å². The minimum Gasteiger partial charge on any atom is -0.465 e. The Balaban J connectivity index is 2.30. The quantitative estimate of drug-likeness (QED) is 0.517. The molecule has 0 atom stereocenters. The van der Waals surface area contributed by atoms with Gasteiger partial charge in [0.25, 0.3) is 0 Å². The van der Waals surface area contributed by atoms with E-state index in [2.05, 4.69) is 14.8 Å². The standard InChI is InChI=1S/C14H7Cl2F2N3O2/c1-23-14(22)8-5-19-21-12(16)10(11(15)20-13(8)21)7-3-2-6(17)4-9(7)18/h2-5H,1H3. The number of carbonyl (C=O) groups excluding carboxylic acids is 1. The van der Waals surface area contributed by atoms with E-state index < -0.39 is 17.6 Å². The summed E-state index contributed by atoms with van der Waals surface area (Å²) in [6, 6.07) is 2.96. The highest BCUT2D eigenvalue weighted by atomic mass is 35.5. The zero-order valence-electron chi connectivity index (χ0n) is 11.5. The van der Waals surface area contributed by atoms with E-state index in [1.54, 1.807) is 0 Å². The zero-order chi connectivity index (χ0) is 16.7. The van der Waals surface area contributed by atoms with Crippen LogP contribution in [-0.2, 0) is 4.74 Å². The molecule has 0 bridgehead atoms. The molecule has 0 saturated carbocycles. The van der Waals surface area contributed by atoms with E-state index in [-0.39, 0.29) is 32.6 Å². The van der Waals surface area contributed by atoms with Crippen LogP contribution in [0.25, 0.3) is 16.8 Å². The Bertz CT molecular complexity index is 943. The fraction of sp³-hybridized carbons (Fsp3) is 0.0714. The molecule has 2 aromatic heterocycles. The van der Waals surface area contributed by atoms with Crippen LogP contribution in [0.2, 0.25) is 10.3 Å². The molecule has 5 nitrogen and oxygen atoms in total. The predicted octanol–water partition coefficient (Wildman–Crippen LogP) is 3.77. The van der Waals surface area contributed by atoms with E-state index in [0.717, 1.165) is 10.6 Å². The summed E-state index contributed by atoms with van der Waals surface area (Å²) in [5.74, 6) is -2.25. The van der Waals surface area contributed by atoms with Gasteiger partial charge in [-0.3, -0.25) is 0 Å². The molecule has 0 aliphatic heterocycles. The van der Waals surface area contributed by atoms with Gasteiger partial charge < -0.3 is 4.74 Å². The maximum atomic E-state index is 14.0. The zero-order valence-corrected chi connectivity index (χ0v) is 13.0. The van der Waals surface area contributed by atoms with Gasteiger partial charge >= 0.3 is 5.97 Å². The van der Waals surface area contributed by atoms with E-state index in [1.165, 1.54) is 19.4 Å². The predicted molar refractivity (Wildman–Crippen MR) is 79.7 cm³/mol. The van der Waals surface area contributed by atoms with E-state index in [4.69, 9.17) is 23.2 Å². The Morgan fingerprint density at radius 2 is 2.04 bits per heavy atom. The van der Waals surface area contributed by atoms with Crippen molar-refractivity contribution in [3.63, 3.8) is 0 Å². The number of ether oxygens (including phenoxy) is 1. The number of fused-ring (bicyclic) bond motifs is 1. The number of halogens is 4. The first-order chi connectivity index (χ1) is 10.9.